The van der Waals surface area contributed by atoms with Crippen LogP contribution in [0.3, 0.4) is 0 Å². The van der Waals surface area contributed by atoms with Crippen molar-refractivity contribution in [2.75, 3.05) is 25.7 Å². The zero-order valence-electron chi connectivity index (χ0n) is 21.9. The van der Waals surface area contributed by atoms with Gasteiger partial charge in [-0.2, -0.15) is 5.10 Å². The van der Waals surface area contributed by atoms with Gasteiger partial charge in [-0.1, -0.05) is 19.3 Å². The number of fused-ring (bicyclic) bond motifs is 1. The van der Waals surface area contributed by atoms with E-state index in [9.17, 15) is 5.11 Å². The molecule has 0 amide bonds. The standard InChI is InChI=1S/C29H35N5O3/c1-33-20-21(18-31-33)28-19-30-26-9-8-22(16-27(26)32-28)34(13-7-12-29(35)10-5-4-6-11-29)23-14-24(36-2)17-25(15-23)37-3/h8-9,14-20,35H,4-7,10-13H2,1-3H3. The van der Waals surface area contributed by atoms with Gasteiger partial charge < -0.3 is 19.5 Å². The molecule has 1 saturated carbocycles. The fourth-order valence-electron chi connectivity index (χ4n) is 5.24. The molecule has 0 unspecified atom stereocenters. The highest BCUT2D eigenvalue weighted by atomic mass is 16.5. The molecule has 37 heavy (non-hydrogen) atoms. The molecule has 1 N–H and O–H groups in total. The van der Waals surface area contributed by atoms with Crippen LogP contribution in [0.2, 0.25) is 0 Å². The normalized spacial score (nSPS) is 15.0. The van der Waals surface area contributed by atoms with Crippen molar-refractivity contribution in [3.05, 3.63) is 55.0 Å². The Morgan fingerprint density at radius 1 is 0.946 bits per heavy atom. The third-order valence-corrected chi connectivity index (χ3v) is 7.29. The minimum absolute atomic E-state index is 0.552. The van der Waals surface area contributed by atoms with Crippen molar-refractivity contribution in [2.24, 2.45) is 7.05 Å². The molecular weight excluding hydrogens is 466 g/mol. The number of aliphatic hydroxyl groups is 1. The largest absolute Gasteiger partial charge is 0.497 e. The molecular formula is C29H35N5O3. The van der Waals surface area contributed by atoms with Gasteiger partial charge in [-0.25, -0.2) is 4.98 Å². The number of methoxy groups -OCH3 is 2. The predicted molar refractivity (Wildman–Crippen MR) is 146 cm³/mol. The second-order valence-corrected chi connectivity index (χ2v) is 9.94. The molecule has 4 aromatic rings. The summed E-state index contributed by atoms with van der Waals surface area (Å²) in [5.41, 5.74) is 4.76. The topological polar surface area (TPSA) is 85.5 Å². The highest BCUT2D eigenvalue weighted by Crippen LogP contribution is 2.36. The van der Waals surface area contributed by atoms with Crippen molar-refractivity contribution in [3.63, 3.8) is 0 Å². The SMILES string of the molecule is COc1cc(OC)cc(N(CCCC2(O)CCCCC2)c2ccc3ncc(-c4cnn(C)c4)nc3c2)c1. The quantitative estimate of drug-likeness (QED) is 0.317. The Morgan fingerprint density at radius 2 is 1.70 bits per heavy atom. The molecule has 1 aliphatic carbocycles. The van der Waals surface area contributed by atoms with Crippen LogP contribution in [-0.4, -0.2) is 51.2 Å². The average Bonchev–Trinajstić information content (AvgIpc) is 3.36. The van der Waals surface area contributed by atoms with Crippen molar-refractivity contribution in [3.8, 4) is 22.8 Å². The lowest BCUT2D eigenvalue weighted by atomic mass is 9.81. The van der Waals surface area contributed by atoms with Crippen LogP contribution in [0.15, 0.2) is 55.0 Å². The average molecular weight is 502 g/mol. The third-order valence-electron chi connectivity index (χ3n) is 7.29. The van der Waals surface area contributed by atoms with Gasteiger partial charge in [-0.15, -0.1) is 0 Å². The smallest absolute Gasteiger partial charge is 0.124 e. The van der Waals surface area contributed by atoms with Gasteiger partial charge in [-0.05, 0) is 43.9 Å². The van der Waals surface area contributed by atoms with Gasteiger partial charge in [0.25, 0.3) is 0 Å². The molecule has 1 aliphatic rings. The van der Waals surface area contributed by atoms with Crippen molar-refractivity contribution < 1.29 is 14.6 Å². The summed E-state index contributed by atoms with van der Waals surface area (Å²) >= 11 is 0. The number of benzene rings is 2. The van der Waals surface area contributed by atoms with Crippen LogP contribution in [0.5, 0.6) is 11.5 Å². The molecule has 2 aromatic carbocycles. The van der Waals surface area contributed by atoms with E-state index in [4.69, 9.17) is 14.5 Å². The lowest BCUT2D eigenvalue weighted by Gasteiger charge is -2.33. The molecule has 0 spiro atoms. The van der Waals surface area contributed by atoms with Crippen molar-refractivity contribution in [2.45, 2.75) is 50.5 Å². The van der Waals surface area contributed by atoms with Gasteiger partial charge in [0, 0.05) is 54.9 Å². The third kappa shape index (κ3) is 5.69. The molecule has 2 aromatic heterocycles. The van der Waals surface area contributed by atoms with Gasteiger partial charge >= 0.3 is 0 Å². The van der Waals surface area contributed by atoms with E-state index in [1.807, 2.05) is 37.5 Å². The number of ether oxygens (including phenoxy) is 2. The van der Waals surface area contributed by atoms with Crippen LogP contribution in [0.4, 0.5) is 11.4 Å². The van der Waals surface area contributed by atoms with E-state index in [1.54, 1.807) is 31.3 Å². The Kier molecular flexibility index (Phi) is 7.28. The van der Waals surface area contributed by atoms with Crippen molar-refractivity contribution in [1.29, 1.82) is 0 Å². The second kappa shape index (κ2) is 10.8. The second-order valence-electron chi connectivity index (χ2n) is 9.94. The van der Waals surface area contributed by atoms with Crippen molar-refractivity contribution >= 4 is 22.4 Å². The first kappa shape index (κ1) is 25.0. The van der Waals surface area contributed by atoms with E-state index in [2.05, 4.69) is 27.1 Å². The fraction of sp³-hybridized carbons (Fsp3) is 0.414. The summed E-state index contributed by atoms with van der Waals surface area (Å²) in [6.07, 6.45) is 12.4. The molecule has 0 radical (unpaired) electrons. The number of anilines is 2. The molecule has 8 nitrogen and oxygen atoms in total. The Labute approximate surface area is 217 Å². The molecule has 0 atom stereocenters. The highest BCUT2D eigenvalue weighted by molar-refractivity contribution is 5.82. The predicted octanol–water partition coefficient (Wildman–Crippen LogP) is 5.66. The molecule has 5 rings (SSSR count). The zero-order valence-corrected chi connectivity index (χ0v) is 21.9. The van der Waals surface area contributed by atoms with Crippen LogP contribution < -0.4 is 14.4 Å². The lowest BCUT2D eigenvalue weighted by molar-refractivity contribution is -0.00480. The maximum absolute atomic E-state index is 11.1. The minimum Gasteiger partial charge on any atom is -0.497 e. The number of nitrogens with zero attached hydrogens (tertiary/aromatic N) is 5. The first-order valence-electron chi connectivity index (χ1n) is 13.0. The summed E-state index contributed by atoms with van der Waals surface area (Å²) in [6.45, 7) is 0.736. The fourth-order valence-corrected chi connectivity index (χ4v) is 5.24. The highest BCUT2D eigenvalue weighted by Gasteiger charge is 2.28. The monoisotopic (exact) mass is 501 g/mol. The molecule has 1 fully saturated rings. The Bertz CT molecular complexity index is 1340. The number of aromatic nitrogens is 4. The van der Waals surface area contributed by atoms with Crippen molar-refractivity contribution in [1.82, 2.24) is 19.7 Å². The molecule has 2 heterocycles. The van der Waals surface area contributed by atoms with Gasteiger partial charge in [-0.3, -0.25) is 9.67 Å². The molecule has 194 valence electrons. The lowest BCUT2D eigenvalue weighted by Crippen LogP contribution is -2.32. The van der Waals surface area contributed by atoms with Gasteiger partial charge in [0.15, 0.2) is 0 Å². The van der Waals surface area contributed by atoms with E-state index >= 15 is 0 Å². The Hall–Kier alpha value is -3.65. The van der Waals surface area contributed by atoms with Gasteiger partial charge in [0.1, 0.15) is 11.5 Å². The van der Waals surface area contributed by atoms with Crippen LogP contribution >= 0.6 is 0 Å². The minimum atomic E-state index is -0.552. The summed E-state index contributed by atoms with van der Waals surface area (Å²) in [4.78, 5) is 11.8. The number of hydrogen-bond acceptors (Lipinski definition) is 7. The van der Waals surface area contributed by atoms with Crippen LogP contribution in [-0.2, 0) is 7.05 Å². The first-order valence-corrected chi connectivity index (χ1v) is 13.0. The van der Waals surface area contributed by atoms with Crippen LogP contribution in [0.1, 0.15) is 44.9 Å². The van der Waals surface area contributed by atoms with Crippen LogP contribution in [0, 0.1) is 0 Å². The van der Waals surface area contributed by atoms with E-state index in [0.717, 1.165) is 90.2 Å². The zero-order chi connectivity index (χ0) is 25.8. The van der Waals surface area contributed by atoms with E-state index in [0.29, 0.717) is 0 Å². The number of rotatable bonds is 9. The maximum Gasteiger partial charge on any atom is 0.124 e. The Balaban J connectivity index is 1.49. The van der Waals surface area contributed by atoms with Gasteiger partial charge in [0.2, 0.25) is 0 Å². The summed E-state index contributed by atoms with van der Waals surface area (Å²) < 4.78 is 12.9. The molecule has 0 bridgehead atoms. The molecule has 0 aliphatic heterocycles. The summed E-state index contributed by atoms with van der Waals surface area (Å²) in [6, 6.07) is 12.0. The Morgan fingerprint density at radius 3 is 2.38 bits per heavy atom. The summed E-state index contributed by atoms with van der Waals surface area (Å²) in [7, 11) is 5.21. The number of hydrogen-bond donors (Lipinski definition) is 1. The van der Waals surface area contributed by atoms with E-state index in [1.165, 1.54) is 6.42 Å². The first-order chi connectivity index (χ1) is 18.0. The van der Waals surface area contributed by atoms with Crippen LogP contribution in [0.25, 0.3) is 22.3 Å². The maximum atomic E-state index is 11.1. The summed E-state index contributed by atoms with van der Waals surface area (Å²) in [5.74, 6) is 1.45. The van der Waals surface area contributed by atoms with Gasteiger partial charge in [0.05, 0.1) is 48.9 Å². The number of aryl methyl sites for hydroxylation is 1. The van der Waals surface area contributed by atoms with E-state index < -0.39 is 5.60 Å². The van der Waals surface area contributed by atoms with E-state index in [-0.39, 0.29) is 0 Å². The molecule has 8 heteroatoms. The molecule has 0 saturated heterocycles. The summed E-state index contributed by atoms with van der Waals surface area (Å²) in [5, 5.41) is 15.4.